The van der Waals surface area contributed by atoms with Crippen LogP contribution in [0, 0.1) is 0 Å². The van der Waals surface area contributed by atoms with E-state index >= 15 is 0 Å². The van der Waals surface area contributed by atoms with Crippen LogP contribution in [0.2, 0.25) is 0 Å². The monoisotopic (exact) mass is 457 g/mol. The third-order valence-electron chi connectivity index (χ3n) is 5.32. The van der Waals surface area contributed by atoms with E-state index in [4.69, 9.17) is 0 Å². The average molecular weight is 457 g/mol. The number of fused-ring (bicyclic) bond motifs is 4. The molecule has 166 valence electrons. The molecule has 0 aliphatic rings. The second kappa shape index (κ2) is 7.33. The van der Waals surface area contributed by atoms with E-state index in [0.717, 1.165) is 24.3 Å². The first kappa shape index (κ1) is 21.0. The van der Waals surface area contributed by atoms with Gasteiger partial charge >= 0.3 is 12.4 Å². The van der Waals surface area contributed by atoms with Gasteiger partial charge in [-0.3, -0.25) is 9.97 Å². The van der Waals surface area contributed by atoms with Crippen molar-refractivity contribution in [2.45, 2.75) is 12.4 Å². The molecule has 1 N–H and O–H groups in total. The van der Waals surface area contributed by atoms with Crippen molar-refractivity contribution >= 4 is 44.0 Å². The average Bonchev–Trinajstić information content (AvgIpc) is 2.77. The zero-order valence-corrected chi connectivity index (χ0v) is 16.6. The minimum absolute atomic E-state index is 0.0724. The molecule has 0 amide bonds. The summed E-state index contributed by atoms with van der Waals surface area (Å²) in [5.74, 6) is 0. The Hall–Kier alpha value is -3.88. The van der Waals surface area contributed by atoms with Crippen LogP contribution in [0.15, 0.2) is 73.1 Å². The smallest absolute Gasteiger partial charge is 0.352 e. The normalized spacial score (nSPS) is 12.5. The first-order valence-electron chi connectivity index (χ1n) is 9.73. The maximum absolute atomic E-state index is 13.7. The molecule has 3 nitrogen and oxygen atoms in total. The van der Waals surface area contributed by atoms with Gasteiger partial charge in [0.1, 0.15) is 0 Å². The standard InChI is InChI=1S/C24H13F6N3/c25-23(26,27)15-8-13-5-3-7-31-21(13)19(10-15)33-20-11-16(24(28,29)30)9-18-17-6-2-1-4-14(17)12-32-22(18)20/h1-12,33H. The first-order valence-corrected chi connectivity index (χ1v) is 9.73. The molecule has 9 heteroatoms. The Kier molecular flexibility index (Phi) is 4.66. The molecule has 0 unspecified atom stereocenters. The molecule has 0 saturated heterocycles. The Labute approximate surface area is 182 Å². The largest absolute Gasteiger partial charge is 0.416 e. The van der Waals surface area contributed by atoms with E-state index < -0.39 is 23.5 Å². The number of nitrogens with one attached hydrogen (secondary N) is 1. The Bertz CT molecular complexity index is 1520. The highest BCUT2D eigenvalue weighted by Crippen LogP contribution is 2.40. The summed E-state index contributed by atoms with van der Waals surface area (Å²) in [5.41, 5.74) is -1.65. The van der Waals surface area contributed by atoms with Gasteiger partial charge in [-0.2, -0.15) is 26.3 Å². The van der Waals surface area contributed by atoms with Crippen LogP contribution in [0.25, 0.3) is 32.6 Å². The molecule has 0 aliphatic carbocycles. The fourth-order valence-corrected chi connectivity index (χ4v) is 3.82. The number of hydrogen-bond donors (Lipinski definition) is 1. The molecule has 0 atom stereocenters. The van der Waals surface area contributed by atoms with Gasteiger partial charge in [0, 0.05) is 28.6 Å². The van der Waals surface area contributed by atoms with Crippen LogP contribution in [0.5, 0.6) is 0 Å². The number of halogens is 6. The summed E-state index contributed by atoms with van der Waals surface area (Å²) in [7, 11) is 0. The number of benzene rings is 3. The second-order valence-corrected chi connectivity index (χ2v) is 7.48. The molecule has 0 fully saturated rings. The van der Waals surface area contributed by atoms with Crippen molar-refractivity contribution in [1.29, 1.82) is 0 Å². The van der Waals surface area contributed by atoms with Gasteiger partial charge in [-0.25, -0.2) is 0 Å². The first-order chi connectivity index (χ1) is 15.6. The molecule has 0 spiro atoms. The Morgan fingerprint density at radius 1 is 0.606 bits per heavy atom. The van der Waals surface area contributed by atoms with Gasteiger partial charge in [-0.1, -0.05) is 30.3 Å². The quantitative estimate of drug-likeness (QED) is 0.218. The minimum Gasteiger partial charge on any atom is -0.352 e. The maximum Gasteiger partial charge on any atom is 0.416 e. The van der Waals surface area contributed by atoms with Gasteiger partial charge in [0.15, 0.2) is 0 Å². The summed E-state index contributed by atoms with van der Waals surface area (Å²) in [6.07, 6.45) is -6.41. The fraction of sp³-hybridized carbons (Fsp3) is 0.0833. The summed E-state index contributed by atoms with van der Waals surface area (Å²) in [6.45, 7) is 0. The number of rotatable bonds is 2. The van der Waals surface area contributed by atoms with Crippen LogP contribution in [0.4, 0.5) is 37.7 Å². The number of pyridine rings is 2. The van der Waals surface area contributed by atoms with E-state index in [1.165, 1.54) is 24.5 Å². The van der Waals surface area contributed by atoms with Crippen LogP contribution < -0.4 is 5.32 Å². The third kappa shape index (κ3) is 3.79. The Morgan fingerprint density at radius 3 is 1.97 bits per heavy atom. The molecule has 0 aliphatic heterocycles. The predicted octanol–water partition coefficient (Wildman–Crippen LogP) is 7.72. The molecule has 33 heavy (non-hydrogen) atoms. The van der Waals surface area contributed by atoms with Crippen LogP contribution in [-0.4, -0.2) is 9.97 Å². The van der Waals surface area contributed by atoms with E-state index in [1.54, 1.807) is 24.3 Å². The van der Waals surface area contributed by atoms with E-state index in [2.05, 4.69) is 15.3 Å². The maximum atomic E-state index is 13.7. The molecular formula is C24H13F6N3. The summed E-state index contributed by atoms with van der Waals surface area (Å²) in [5, 5.41) is 4.37. The van der Waals surface area contributed by atoms with Crippen molar-refractivity contribution in [3.63, 3.8) is 0 Å². The second-order valence-electron chi connectivity index (χ2n) is 7.48. The van der Waals surface area contributed by atoms with Gasteiger partial charge in [-0.15, -0.1) is 0 Å². The van der Waals surface area contributed by atoms with Crippen LogP contribution in [0.1, 0.15) is 11.1 Å². The summed E-state index contributed by atoms with van der Waals surface area (Å²) < 4.78 is 81.5. The van der Waals surface area contributed by atoms with Gasteiger partial charge in [0.05, 0.1) is 33.5 Å². The SMILES string of the molecule is FC(F)(F)c1cc(Nc2cc(C(F)(F)F)cc3c2ncc2ccccc23)c2ncccc2c1. The van der Waals surface area contributed by atoms with Crippen LogP contribution >= 0.6 is 0 Å². The molecule has 2 heterocycles. The third-order valence-corrected chi connectivity index (χ3v) is 5.32. The molecule has 2 aromatic heterocycles. The van der Waals surface area contributed by atoms with Crippen molar-refractivity contribution in [3.8, 4) is 0 Å². The molecule has 3 aromatic carbocycles. The zero-order chi connectivity index (χ0) is 23.4. The minimum atomic E-state index is -4.67. The number of aromatic nitrogens is 2. The topological polar surface area (TPSA) is 37.8 Å². The van der Waals surface area contributed by atoms with E-state index in [-0.39, 0.29) is 33.2 Å². The van der Waals surface area contributed by atoms with Crippen molar-refractivity contribution in [3.05, 3.63) is 84.2 Å². The lowest BCUT2D eigenvalue weighted by Crippen LogP contribution is -2.08. The van der Waals surface area contributed by atoms with Crippen molar-refractivity contribution in [2.75, 3.05) is 5.32 Å². The molecule has 0 saturated carbocycles. The molecule has 5 rings (SSSR count). The van der Waals surface area contributed by atoms with Crippen LogP contribution in [0.3, 0.4) is 0 Å². The highest BCUT2D eigenvalue weighted by molar-refractivity contribution is 6.10. The molecule has 0 bridgehead atoms. The lowest BCUT2D eigenvalue weighted by atomic mass is 10.0. The number of alkyl halides is 6. The summed E-state index contributed by atoms with van der Waals surface area (Å²) in [4.78, 5) is 8.44. The highest BCUT2D eigenvalue weighted by atomic mass is 19.4. The lowest BCUT2D eigenvalue weighted by molar-refractivity contribution is -0.138. The van der Waals surface area contributed by atoms with Crippen LogP contribution in [-0.2, 0) is 12.4 Å². The summed E-state index contributed by atoms with van der Waals surface area (Å²) in [6, 6.07) is 13.4. The Balaban J connectivity index is 1.79. The molecule has 0 radical (unpaired) electrons. The fourth-order valence-electron chi connectivity index (χ4n) is 3.82. The zero-order valence-electron chi connectivity index (χ0n) is 16.6. The van der Waals surface area contributed by atoms with Crippen molar-refractivity contribution in [1.82, 2.24) is 9.97 Å². The Morgan fingerprint density at radius 2 is 1.24 bits per heavy atom. The van der Waals surface area contributed by atoms with Gasteiger partial charge in [0.25, 0.3) is 0 Å². The van der Waals surface area contributed by atoms with Gasteiger partial charge in [-0.05, 0) is 35.7 Å². The number of anilines is 2. The number of nitrogens with zero attached hydrogens (tertiary/aromatic N) is 2. The highest BCUT2D eigenvalue weighted by Gasteiger charge is 2.33. The number of hydrogen-bond acceptors (Lipinski definition) is 3. The summed E-state index contributed by atoms with van der Waals surface area (Å²) >= 11 is 0. The molecular weight excluding hydrogens is 444 g/mol. The van der Waals surface area contributed by atoms with E-state index in [0.29, 0.717) is 10.8 Å². The predicted molar refractivity (Wildman–Crippen MR) is 114 cm³/mol. The van der Waals surface area contributed by atoms with Crippen molar-refractivity contribution in [2.24, 2.45) is 0 Å². The van der Waals surface area contributed by atoms with Gasteiger partial charge < -0.3 is 5.32 Å². The molecule has 5 aromatic rings. The van der Waals surface area contributed by atoms with Crippen molar-refractivity contribution < 1.29 is 26.3 Å². The van der Waals surface area contributed by atoms with Gasteiger partial charge in [0.2, 0.25) is 0 Å². The van der Waals surface area contributed by atoms with E-state index in [1.807, 2.05) is 0 Å². The lowest BCUT2D eigenvalue weighted by Gasteiger charge is -2.17. The van der Waals surface area contributed by atoms with E-state index in [9.17, 15) is 26.3 Å².